The van der Waals surface area contributed by atoms with Crippen LogP contribution in [0.1, 0.15) is 0 Å². The van der Waals surface area contributed by atoms with E-state index in [4.69, 9.17) is 0 Å². The predicted octanol–water partition coefficient (Wildman–Crippen LogP) is -0.136. The first kappa shape index (κ1) is 6.70. The van der Waals surface area contributed by atoms with Crippen LogP contribution in [0.25, 0.3) is 0 Å². The Hall–Kier alpha value is -1.30. The molecule has 0 N–H and O–H groups in total. The van der Waals surface area contributed by atoms with Crippen LogP contribution in [-0.2, 0) is 14.3 Å². The lowest BCUT2D eigenvalue weighted by Crippen LogP contribution is -1.89. The first-order valence-corrected chi connectivity index (χ1v) is 1.73. The monoisotopic (exact) mass is 111 g/mol. The maximum Gasteiger partial charge on any atom is 0.339 e. The summed E-state index contributed by atoms with van der Waals surface area (Å²) in [6, 6.07) is 0. The number of hydrogen-bond acceptors (Lipinski definition) is 3. The number of carbonyl (C=O) groups is 1. The molecule has 3 nitrogen and oxygen atoms in total. The minimum absolute atomic E-state index is 0.714. The van der Waals surface area contributed by atoms with Gasteiger partial charge < -0.3 is 4.74 Å². The Morgan fingerprint density at radius 1 is 1.75 bits per heavy atom. The highest BCUT2D eigenvalue weighted by Crippen LogP contribution is 1.71. The second-order valence-electron chi connectivity index (χ2n) is 0.854. The van der Waals surface area contributed by atoms with E-state index >= 15 is 0 Å². The van der Waals surface area contributed by atoms with Gasteiger partial charge in [0.05, 0.1) is 6.08 Å². The third-order valence-corrected chi connectivity index (χ3v) is 0.391. The van der Waals surface area contributed by atoms with Crippen molar-refractivity contribution >= 4 is 11.9 Å². The maximum absolute atomic E-state index is 9.99. The standard InChI is InChI=1S/C5H3O3/c1-8-5(7)3-2-4-6/h3H,1H2. The topological polar surface area (TPSA) is 43.4 Å². The molecule has 8 heavy (non-hydrogen) atoms. The minimum atomic E-state index is -0.714. The Kier molecular flexibility index (Phi) is 3.25. The molecule has 0 fully saturated rings. The lowest BCUT2D eigenvalue weighted by Gasteiger charge is -1.81. The maximum atomic E-state index is 9.99. The molecular weight excluding hydrogens is 108 g/mol. The number of rotatable bonds is 1. The van der Waals surface area contributed by atoms with Crippen molar-refractivity contribution in [2.75, 3.05) is 0 Å². The fraction of sp³-hybridized carbons (Fsp3) is 0. The molecule has 0 aromatic carbocycles. The van der Waals surface area contributed by atoms with Gasteiger partial charge in [0.25, 0.3) is 0 Å². The van der Waals surface area contributed by atoms with Crippen LogP contribution >= 0.6 is 0 Å². The van der Waals surface area contributed by atoms with Gasteiger partial charge in [-0.05, 0) is 5.73 Å². The van der Waals surface area contributed by atoms with Crippen LogP contribution in [-0.4, -0.2) is 11.9 Å². The summed E-state index contributed by atoms with van der Waals surface area (Å²) in [6.45, 7) is 0. The van der Waals surface area contributed by atoms with Crippen molar-refractivity contribution in [3.05, 3.63) is 18.9 Å². The average molecular weight is 111 g/mol. The van der Waals surface area contributed by atoms with Gasteiger partial charge in [-0.15, -0.1) is 0 Å². The molecule has 0 spiro atoms. The summed E-state index contributed by atoms with van der Waals surface area (Å²) in [7, 11) is 2.79. The third-order valence-electron chi connectivity index (χ3n) is 0.391. The third kappa shape index (κ3) is 2.91. The highest BCUT2D eigenvalue weighted by Gasteiger charge is 1.85. The summed E-state index contributed by atoms with van der Waals surface area (Å²) in [5.41, 5.74) is 1.85. The van der Waals surface area contributed by atoms with E-state index in [1.54, 1.807) is 0 Å². The fourth-order valence-electron chi connectivity index (χ4n) is 0.130. The molecular formula is C5H3O3. The molecule has 0 aliphatic heterocycles. The van der Waals surface area contributed by atoms with Crippen LogP contribution in [0.3, 0.4) is 0 Å². The van der Waals surface area contributed by atoms with Crippen molar-refractivity contribution in [3.63, 3.8) is 0 Å². The van der Waals surface area contributed by atoms with Crippen LogP contribution in [0.4, 0.5) is 0 Å². The second kappa shape index (κ2) is 3.88. The molecule has 0 rings (SSSR count). The van der Waals surface area contributed by atoms with E-state index in [1.165, 1.54) is 5.94 Å². The molecule has 0 aromatic rings. The SMILES string of the molecule is [CH2]OC(=O)C=C=C=O. The summed E-state index contributed by atoms with van der Waals surface area (Å²) < 4.78 is 3.87. The first-order valence-electron chi connectivity index (χ1n) is 1.73. The number of carbonyl (C=O) groups excluding carboxylic acids is 2. The van der Waals surface area contributed by atoms with E-state index in [9.17, 15) is 9.59 Å². The largest absolute Gasteiger partial charge is 0.458 e. The summed E-state index contributed by atoms with van der Waals surface area (Å²) in [4.78, 5) is 19.3. The van der Waals surface area contributed by atoms with Crippen molar-refractivity contribution in [2.45, 2.75) is 0 Å². The Balaban J connectivity index is 3.90. The van der Waals surface area contributed by atoms with Gasteiger partial charge in [-0.2, -0.15) is 0 Å². The lowest BCUT2D eigenvalue weighted by atomic mass is 10.6. The van der Waals surface area contributed by atoms with Crippen molar-refractivity contribution in [1.82, 2.24) is 0 Å². The van der Waals surface area contributed by atoms with E-state index in [2.05, 4.69) is 11.8 Å². The average Bonchev–Trinajstić information content (AvgIpc) is 1.83. The van der Waals surface area contributed by atoms with Gasteiger partial charge in [0.1, 0.15) is 7.11 Å². The Bertz CT molecular complexity index is 159. The quantitative estimate of drug-likeness (QED) is 0.205. The zero-order chi connectivity index (χ0) is 6.41. The molecule has 0 saturated carbocycles. The Morgan fingerprint density at radius 3 is 2.75 bits per heavy atom. The molecule has 0 bridgehead atoms. The molecule has 0 saturated heterocycles. The summed E-state index contributed by atoms with van der Waals surface area (Å²) >= 11 is 0. The van der Waals surface area contributed by atoms with Crippen molar-refractivity contribution in [3.8, 4) is 0 Å². The summed E-state index contributed by atoms with van der Waals surface area (Å²) in [5.74, 6) is 0.534. The van der Waals surface area contributed by atoms with Crippen LogP contribution in [0.15, 0.2) is 11.8 Å². The molecule has 0 aromatic heterocycles. The number of esters is 1. The van der Waals surface area contributed by atoms with Gasteiger partial charge in [0, 0.05) is 0 Å². The van der Waals surface area contributed by atoms with Gasteiger partial charge in [0.2, 0.25) is 0 Å². The van der Waals surface area contributed by atoms with Gasteiger partial charge in [0.15, 0.2) is 5.94 Å². The normalized spacial score (nSPS) is 6.12. The second-order valence-corrected chi connectivity index (χ2v) is 0.854. The van der Waals surface area contributed by atoms with Gasteiger partial charge in [-0.3, -0.25) is 0 Å². The van der Waals surface area contributed by atoms with E-state index in [-0.39, 0.29) is 0 Å². The van der Waals surface area contributed by atoms with E-state index in [1.807, 2.05) is 5.73 Å². The number of ether oxygens (including phenoxy) is 1. The van der Waals surface area contributed by atoms with Gasteiger partial charge >= 0.3 is 5.97 Å². The Morgan fingerprint density at radius 2 is 2.38 bits per heavy atom. The zero-order valence-electron chi connectivity index (χ0n) is 4.01. The molecule has 3 heteroatoms. The van der Waals surface area contributed by atoms with E-state index in [0.29, 0.717) is 0 Å². The highest BCUT2D eigenvalue weighted by atomic mass is 16.5. The molecule has 0 heterocycles. The van der Waals surface area contributed by atoms with Gasteiger partial charge in [-0.25, -0.2) is 9.59 Å². The van der Waals surface area contributed by atoms with Crippen molar-refractivity contribution in [2.24, 2.45) is 0 Å². The van der Waals surface area contributed by atoms with Crippen LogP contribution < -0.4 is 0 Å². The molecule has 0 amide bonds. The minimum Gasteiger partial charge on any atom is -0.458 e. The van der Waals surface area contributed by atoms with Crippen molar-refractivity contribution < 1.29 is 14.3 Å². The van der Waals surface area contributed by atoms with Crippen LogP contribution in [0.5, 0.6) is 0 Å². The van der Waals surface area contributed by atoms with Gasteiger partial charge in [-0.1, -0.05) is 0 Å². The van der Waals surface area contributed by atoms with Crippen LogP contribution in [0, 0.1) is 7.11 Å². The molecule has 0 aliphatic carbocycles. The molecule has 0 aliphatic rings. The first-order chi connectivity index (χ1) is 3.81. The molecule has 0 atom stereocenters. The lowest BCUT2D eigenvalue weighted by molar-refractivity contribution is -0.132. The summed E-state index contributed by atoms with van der Waals surface area (Å²) in [6.07, 6.45) is 0.806. The predicted molar refractivity (Wildman–Crippen MR) is 25.2 cm³/mol. The zero-order valence-corrected chi connectivity index (χ0v) is 4.01. The number of hydrogen-bond donors (Lipinski definition) is 0. The van der Waals surface area contributed by atoms with E-state index in [0.717, 1.165) is 6.08 Å². The molecule has 41 valence electrons. The molecule has 1 radical (unpaired) electrons. The smallest absolute Gasteiger partial charge is 0.339 e. The molecule has 0 unspecified atom stereocenters. The van der Waals surface area contributed by atoms with Crippen molar-refractivity contribution in [1.29, 1.82) is 0 Å². The fourth-order valence-corrected chi connectivity index (χ4v) is 0.130. The van der Waals surface area contributed by atoms with Crippen LogP contribution in [0.2, 0.25) is 0 Å². The Labute approximate surface area is 46.3 Å². The van der Waals surface area contributed by atoms with E-state index < -0.39 is 5.97 Å². The summed E-state index contributed by atoms with van der Waals surface area (Å²) in [5, 5.41) is 0. The highest BCUT2D eigenvalue weighted by molar-refractivity contribution is 5.82.